The molecule has 2 N–H and O–H groups in total. The highest BCUT2D eigenvalue weighted by atomic mass is 79.9. The molecule has 1 aliphatic carbocycles. The van der Waals surface area contributed by atoms with E-state index in [1.807, 2.05) is 6.07 Å². The Balaban J connectivity index is 2.09. The third-order valence-electron chi connectivity index (χ3n) is 3.31. The fourth-order valence-corrected chi connectivity index (χ4v) is 2.72. The summed E-state index contributed by atoms with van der Waals surface area (Å²) in [5, 5.41) is 0. The van der Waals surface area contributed by atoms with Crippen LogP contribution in [-0.2, 0) is 0 Å². The monoisotopic (exact) mass is 300 g/mol. The molecule has 17 heavy (non-hydrogen) atoms. The van der Waals surface area contributed by atoms with Crippen molar-refractivity contribution in [1.29, 1.82) is 0 Å². The van der Waals surface area contributed by atoms with Gasteiger partial charge in [0.1, 0.15) is 5.76 Å². The molecule has 1 atom stereocenters. The van der Waals surface area contributed by atoms with Crippen LogP contribution < -0.4 is 5.73 Å². The Labute approximate surface area is 111 Å². The first-order valence-electron chi connectivity index (χ1n) is 6.43. The van der Waals surface area contributed by atoms with Crippen molar-refractivity contribution in [3.05, 3.63) is 22.6 Å². The van der Waals surface area contributed by atoms with Crippen LogP contribution in [0.5, 0.6) is 0 Å². The summed E-state index contributed by atoms with van der Waals surface area (Å²) in [5.74, 6) is 1.85. The molecule has 4 heteroatoms. The number of halogens is 1. The van der Waals surface area contributed by atoms with Crippen LogP contribution in [-0.4, -0.2) is 24.5 Å². The van der Waals surface area contributed by atoms with Gasteiger partial charge in [-0.2, -0.15) is 0 Å². The summed E-state index contributed by atoms with van der Waals surface area (Å²) in [6.07, 6.45) is 5.62. The van der Waals surface area contributed by atoms with Gasteiger partial charge >= 0.3 is 0 Å². The molecule has 0 aliphatic heterocycles. The van der Waals surface area contributed by atoms with Crippen LogP contribution in [0.3, 0.4) is 0 Å². The number of rotatable bonds is 7. The third kappa shape index (κ3) is 3.33. The van der Waals surface area contributed by atoms with Crippen LogP contribution in [0, 0.1) is 5.92 Å². The van der Waals surface area contributed by atoms with Crippen molar-refractivity contribution in [1.82, 2.24) is 4.90 Å². The Bertz CT molecular complexity index is 349. The Morgan fingerprint density at radius 2 is 2.35 bits per heavy atom. The molecule has 1 unspecified atom stereocenters. The molecule has 0 aromatic carbocycles. The maximum atomic E-state index is 5.94. The van der Waals surface area contributed by atoms with E-state index >= 15 is 0 Å². The van der Waals surface area contributed by atoms with Crippen molar-refractivity contribution in [2.75, 3.05) is 19.6 Å². The zero-order valence-electron chi connectivity index (χ0n) is 10.4. The second-order valence-electron chi connectivity index (χ2n) is 4.82. The summed E-state index contributed by atoms with van der Waals surface area (Å²) in [4.78, 5) is 2.47. The van der Waals surface area contributed by atoms with E-state index in [-0.39, 0.29) is 6.04 Å². The summed E-state index contributed by atoms with van der Waals surface area (Å²) in [6.45, 7) is 5.07. The second-order valence-corrected chi connectivity index (χ2v) is 5.68. The Morgan fingerprint density at radius 1 is 1.59 bits per heavy atom. The van der Waals surface area contributed by atoms with Gasteiger partial charge in [-0.15, -0.1) is 0 Å². The first-order chi connectivity index (χ1) is 8.26. The predicted molar refractivity (Wildman–Crippen MR) is 72.8 cm³/mol. The average molecular weight is 301 g/mol. The predicted octanol–water partition coefficient (Wildman–Crippen LogP) is 3.16. The molecule has 96 valence electrons. The molecule has 0 spiro atoms. The second kappa shape index (κ2) is 6.03. The Hall–Kier alpha value is -0.320. The van der Waals surface area contributed by atoms with Crippen molar-refractivity contribution in [3.8, 4) is 0 Å². The largest absolute Gasteiger partial charge is 0.466 e. The molecule has 1 fully saturated rings. The van der Waals surface area contributed by atoms with Gasteiger partial charge in [-0.25, -0.2) is 0 Å². The van der Waals surface area contributed by atoms with E-state index < -0.39 is 0 Å². The van der Waals surface area contributed by atoms with Gasteiger partial charge in [0, 0.05) is 13.1 Å². The molecule has 1 aromatic rings. The van der Waals surface area contributed by atoms with Gasteiger partial charge < -0.3 is 10.2 Å². The van der Waals surface area contributed by atoms with Crippen LogP contribution in [0.1, 0.15) is 38.0 Å². The summed E-state index contributed by atoms with van der Waals surface area (Å²) < 4.78 is 6.61. The molecule has 2 rings (SSSR count). The molecular formula is C13H21BrN2O. The standard InChI is InChI=1S/C13H21BrN2O/c1-2-6-16(9-10-3-4-10)12(8-15)13-11(14)5-7-17-13/h5,7,10,12H,2-4,6,8-9,15H2,1H3. The third-order valence-corrected chi connectivity index (χ3v) is 3.97. The van der Waals surface area contributed by atoms with E-state index in [2.05, 4.69) is 27.8 Å². The minimum absolute atomic E-state index is 0.208. The zero-order chi connectivity index (χ0) is 12.3. The highest BCUT2D eigenvalue weighted by Gasteiger charge is 2.29. The lowest BCUT2D eigenvalue weighted by atomic mass is 10.1. The topological polar surface area (TPSA) is 42.4 Å². The summed E-state index contributed by atoms with van der Waals surface area (Å²) >= 11 is 3.53. The first kappa shape index (κ1) is 13.1. The molecule has 0 radical (unpaired) electrons. The first-order valence-corrected chi connectivity index (χ1v) is 7.22. The van der Waals surface area contributed by atoms with Gasteiger partial charge in [-0.05, 0) is 53.7 Å². The molecule has 0 saturated heterocycles. The fraction of sp³-hybridized carbons (Fsp3) is 0.692. The van der Waals surface area contributed by atoms with Crippen molar-refractivity contribution in [2.24, 2.45) is 11.7 Å². The van der Waals surface area contributed by atoms with E-state index in [1.54, 1.807) is 6.26 Å². The van der Waals surface area contributed by atoms with Crippen LogP contribution in [0.2, 0.25) is 0 Å². The molecule has 1 heterocycles. The number of furan rings is 1. The minimum Gasteiger partial charge on any atom is -0.466 e. The number of hydrogen-bond acceptors (Lipinski definition) is 3. The SMILES string of the molecule is CCCN(CC1CC1)C(CN)c1occc1Br. The van der Waals surface area contributed by atoms with Crippen molar-refractivity contribution < 1.29 is 4.42 Å². The van der Waals surface area contributed by atoms with E-state index in [4.69, 9.17) is 10.2 Å². The van der Waals surface area contributed by atoms with Gasteiger partial charge in [0.15, 0.2) is 0 Å². The summed E-state index contributed by atoms with van der Waals surface area (Å²) in [7, 11) is 0. The van der Waals surface area contributed by atoms with Gasteiger partial charge in [0.25, 0.3) is 0 Å². The van der Waals surface area contributed by atoms with Gasteiger partial charge in [-0.1, -0.05) is 6.92 Å². The molecule has 0 amide bonds. The number of hydrogen-bond donors (Lipinski definition) is 1. The highest BCUT2D eigenvalue weighted by Crippen LogP contribution is 2.34. The maximum absolute atomic E-state index is 5.94. The molecule has 1 saturated carbocycles. The molecular weight excluding hydrogens is 280 g/mol. The number of nitrogens with zero attached hydrogens (tertiary/aromatic N) is 1. The van der Waals surface area contributed by atoms with E-state index in [9.17, 15) is 0 Å². The lowest BCUT2D eigenvalue weighted by Crippen LogP contribution is -2.35. The maximum Gasteiger partial charge on any atom is 0.136 e. The van der Waals surface area contributed by atoms with E-state index in [0.717, 1.165) is 35.7 Å². The minimum atomic E-state index is 0.208. The quantitative estimate of drug-likeness (QED) is 0.841. The number of nitrogens with two attached hydrogens (primary N) is 1. The summed E-state index contributed by atoms with van der Waals surface area (Å²) in [5.41, 5.74) is 5.94. The van der Waals surface area contributed by atoms with Gasteiger partial charge in [-0.3, -0.25) is 4.90 Å². The van der Waals surface area contributed by atoms with Crippen LogP contribution in [0.25, 0.3) is 0 Å². The van der Waals surface area contributed by atoms with Gasteiger partial charge in [0.2, 0.25) is 0 Å². The smallest absolute Gasteiger partial charge is 0.136 e. The average Bonchev–Trinajstić information content (AvgIpc) is 3.03. The van der Waals surface area contributed by atoms with Crippen molar-refractivity contribution in [3.63, 3.8) is 0 Å². The van der Waals surface area contributed by atoms with Crippen LogP contribution in [0.15, 0.2) is 21.2 Å². The Morgan fingerprint density at radius 3 is 2.82 bits per heavy atom. The Kier molecular flexibility index (Phi) is 4.65. The lowest BCUT2D eigenvalue weighted by Gasteiger charge is -2.29. The highest BCUT2D eigenvalue weighted by molar-refractivity contribution is 9.10. The van der Waals surface area contributed by atoms with Crippen LogP contribution >= 0.6 is 15.9 Å². The van der Waals surface area contributed by atoms with Crippen molar-refractivity contribution >= 4 is 15.9 Å². The van der Waals surface area contributed by atoms with Gasteiger partial charge in [0.05, 0.1) is 16.8 Å². The van der Waals surface area contributed by atoms with E-state index in [1.165, 1.54) is 12.8 Å². The summed E-state index contributed by atoms with van der Waals surface area (Å²) in [6, 6.07) is 2.15. The van der Waals surface area contributed by atoms with Crippen molar-refractivity contribution in [2.45, 2.75) is 32.2 Å². The molecule has 1 aromatic heterocycles. The van der Waals surface area contributed by atoms with E-state index in [0.29, 0.717) is 6.54 Å². The molecule has 1 aliphatic rings. The fourth-order valence-electron chi connectivity index (χ4n) is 2.26. The molecule has 0 bridgehead atoms. The van der Waals surface area contributed by atoms with Crippen LogP contribution in [0.4, 0.5) is 0 Å². The lowest BCUT2D eigenvalue weighted by molar-refractivity contribution is 0.171. The molecule has 3 nitrogen and oxygen atoms in total. The zero-order valence-corrected chi connectivity index (χ0v) is 11.9. The normalized spacial score (nSPS) is 17.6.